The van der Waals surface area contributed by atoms with Gasteiger partial charge in [-0.05, 0) is 37.1 Å². The number of carbonyl (C=O) groups is 2. The van der Waals surface area contributed by atoms with Crippen LogP contribution in [0.5, 0.6) is 0 Å². The van der Waals surface area contributed by atoms with E-state index in [2.05, 4.69) is 20.9 Å². The lowest BCUT2D eigenvalue weighted by atomic mass is 9.91. The minimum Gasteiger partial charge on any atom is -0.354 e. The smallest absolute Gasteiger partial charge is 0.269 e. The van der Waals surface area contributed by atoms with Crippen LogP contribution in [0.1, 0.15) is 57.8 Å². The molecule has 6 nitrogen and oxygen atoms in total. The molecule has 0 aliphatic carbocycles. The summed E-state index contributed by atoms with van der Waals surface area (Å²) in [6, 6.07) is 12.7. The van der Waals surface area contributed by atoms with Crippen LogP contribution in [-0.4, -0.2) is 49.4 Å². The number of nitrogens with one attached hydrogen (secondary N) is 3. The largest absolute Gasteiger partial charge is 0.354 e. The van der Waals surface area contributed by atoms with E-state index in [1.54, 1.807) is 6.07 Å². The van der Waals surface area contributed by atoms with Gasteiger partial charge in [0.05, 0.1) is 6.54 Å². The fraction of sp³-hybridized carbons (Fsp3) is 0.435. The Labute approximate surface area is 193 Å². The number of rotatable bonds is 7. The van der Waals surface area contributed by atoms with Crippen molar-refractivity contribution < 1.29 is 18.4 Å². The number of pyridine rings is 1. The highest BCUT2D eigenvalue weighted by Gasteiger charge is 2.40. The molecular formula is C23H29ClF2N4O2. The standard InChI is InChI=1S/C23H28F2N4O2.ClH/c1-15(16-6-4-3-5-7-16)19-12-17(13-20(29-19)22(31)26-2)21(30)28-11-9-18-8-10-27-14-23(18,24)25;/h3-7,12-13,15,18,27H,8-11,14H2,1-2H3,(H,26,31)(H,28,30);1H/t15-,18-;/m0./s1. The number of aromatic nitrogens is 1. The first-order valence-electron chi connectivity index (χ1n) is 10.5. The zero-order valence-corrected chi connectivity index (χ0v) is 19.0. The van der Waals surface area contributed by atoms with Crippen LogP contribution in [0.25, 0.3) is 0 Å². The molecule has 32 heavy (non-hydrogen) atoms. The molecule has 0 saturated carbocycles. The lowest BCUT2D eigenvalue weighted by molar-refractivity contribution is -0.0754. The Balaban J connectivity index is 0.00000363. The van der Waals surface area contributed by atoms with Gasteiger partial charge in [0.1, 0.15) is 5.69 Å². The lowest BCUT2D eigenvalue weighted by Gasteiger charge is -2.31. The number of alkyl halides is 2. The molecule has 1 aliphatic heterocycles. The van der Waals surface area contributed by atoms with Gasteiger partial charge in [-0.3, -0.25) is 9.59 Å². The van der Waals surface area contributed by atoms with E-state index in [0.29, 0.717) is 18.7 Å². The van der Waals surface area contributed by atoms with Gasteiger partial charge in [-0.25, -0.2) is 13.8 Å². The van der Waals surface area contributed by atoms with Crippen molar-refractivity contribution in [3.05, 3.63) is 65.0 Å². The van der Waals surface area contributed by atoms with E-state index >= 15 is 0 Å². The number of piperidine rings is 1. The molecule has 1 fully saturated rings. The van der Waals surface area contributed by atoms with Crippen molar-refractivity contribution in [2.75, 3.05) is 26.7 Å². The molecule has 0 unspecified atom stereocenters. The van der Waals surface area contributed by atoms with Crippen LogP contribution in [0.15, 0.2) is 42.5 Å². The molecule has 2 heterocycles. The van der Waals surface area contributed by atoms with Crippen molar-refractivity contribution in [3.63, 3.8) is 0 Å². The van der Waals surface area contributed by atoms with Crippen molar-refractivity contribution in [1.29, 1.82) is 0 Å². The van der Waals surface area contributed by atoms with Crippen LogP contribution >= 0.6 is 12.4 Å². The number of hydrogen-bond donors (Lipinski definition) is 3. The van der Waals surface area contributed by atoms with E-state index in [1.165, 1.54) is 13.1 Å². The summed E-state index contributed by atoms with van der Waals surface area (Å²) in [7, 11) is 1.50. The number of halogens is 3. The summed E-state index contributed by atoms with van der Waals surface area (Å²) in [6.07, 6.45) is 0.568. The molecule has 1 aromatic carbocycles. The molecule has 0 bridgehead atoms. The number of carbonyl (C=O) groups excluding carboxylic acids is 2. The Kier molecular flexibility index (Phi) is 9.09. The fourth-order valence-electron chi connectivity index (χ4n) is 3.77. The summed E-state index contributed by atoms with van der Waals surface area (Å²) in [5.74, 6) is -4.48. The van der Waals surface area contributed by atoms with Gasteiger partial charge in [-0.2, -0.15) is 0 Å². The maximum absolute atomic E-state index is 14.0. The molecule has 3 N–H and O–H groups in total. The van der Waals surface area contributed by atoms with Gasteiger partial charge in [0.15, 0.2) is 0 Å². The molecule has 1 aliphatic rings. The maximum atomic E-state index is 14.0. The minimum atomic E-state index is -2.77. The van der Waals surface area contributed by atoms with Crippen LogP contribution in [0.4, 0.5) is 8.78 Å². The first-order chi connectivity index (χ1) is 14.8. The van der Waals surface area contributed by atoms with Crippen LogP contribution in [-0.2, 0) is 0 Å². The van der Waals surface area contributed by atoms with Crippen LogP contribution in [0, 0.1) is 5.92 Å². The highest BCUT2D eigenvalue weighted by Crippen LogP contribution is 2.31. The second-order valence-electron chi connectivity index (χ2n) is 7.85. The molecule has 2 aromatic rings. The monoisotopic (exact) mass is 466 g/mol. The summed E-state index contributed by atoms with van der Waals surface area (Å²) < 4.78 is 27.9. The van der Waals surface area contributed by atoms with Crippen molar-refractivity contribution in [2.24, 2.45) is 5.92 Å². The van der Waals surface area contributed by atoms with E-state index in [0.717, 1.165) is 5.56 Å². The zero-order valence-electron chi connectivity index (χ0n) is 18.2. The van der Waals surface area contributed by atoms with E-state index < -0.39 is 23.7 Å². The normalized spacial score (nSPS) is 18.2. The summed E-state index contributed by atoms with van der Waals surface area (Å²) in [4.78, 5) is 29.4. The van der Waals surface area contributed by atoms with E-state index in [-0.39, 0.29) is 49.1 Å². The zero-order chi connectivity index (χ0) is 22.4. The number of amides is 2. The number of nitrogens with zero attached hydrogens (tertiary/aromatic N) is 1. The van der Waals surface area contributed by atoms with E-state index in [4.69, 9.17) is 0 Å². The maximum Gasteiger partial charge on any atom is 0.269 e. The van der Waals surface area contributed by atoms with Crippen LogP contribution in [0.2, 0.25) is 0 Å². The highest BCUT2D eigenvalue weighted by atomic mass is 35.5. The van der Waals surface area contributed by atoms with Crippen molar-refractivity contribution >= 4 is 24.2 Å². The Hall–Kier alpha value is -2.58. The van der Waals surface area contributed by atoms with Gasteiger partial charge in [-0.15, -0.1) is 12.4 Å². The molecule has 9 heteroatoms. The fourth-order valence-corrected chi connectivity index (χ4v) is 3.77. The molecule has 0 radical (unpaired) electrons. The molecular weight excluding hydrogens is 438 g/mol. The third-order valence-electron chi connectivity index (χ3n) is 5.72. The van der Waals surface area contributed by atoms with Gasteiger partial charge < -0.3 is 16.0 Å². The average Bonchev–Trinajstić information content (AvgIpc) is 2.79. The predicted octanol–water partition coefficient (Wildman–Crippen LogP) is 3.38. The topological polar surface area (TPSA) is 83.1 Å². The SMILES string of the molecule is CNC(=O)c1cc(C(=O)NCC[C@@H]2CCNCC2(F)F)cc([C@@H](C)c2ccccc2)n1.Cl. The van der Waals surface area contributed by atoms with E-state index in [9.17, 15) is 18.4 Å². The summed E-state index contributed by atoms with van der Waals surface area (Å²) in [5, 5.41) is 7.95. The Bertz CT molecular complexity index is 927. The Morgan fingerprint density at radius 2 is 1.94 bits per heavy atom. The molecule has 2 atom stereocenters. The second kappa shape index (κ2) is 11.3. The molecule has 1 aromatic heterocycles. The summed E-state index contributed by atoms with van der Waals surface area (Å²) in [6.45, 7) is 2.31. The molecule has 0 spiro atoms. The average molecular weight is 467 g/mol. The van der Waals surface area contributed by atoms with Crippen molar-refractivity contribution in [1.82, 2.24) is 20.9 Å². The van der Waals surface area contributed by atoms with Gasteiger partial charge >= 0.3 is 0 Å². The van der Waals surface area contributed by atoms with Crippen LogP contribution < -0.4 is 16.0 Å². The molecule has 2 amide bonds. The van der Waals surface area contributed by atoms with Crippen LogP contribution in [0.3, 0.4) is 0 Å². The first-order valence-corrected chi connectivity index (χ1v) is 10.5. The minimum absolute atomic E-state index is 0. The van der Waals surface area contributed by atoms with Gasteiger partial charge in [0.25, 0.3) is 17.7 Å². The van der Waals surface area contributed by atoms with Gasteiger partial charge in [-0.1, -0.05) is 37.3 Å². The Morgan fingerprint density at radius 3 is 2.59 bits per heavy atom. The third kappa shape index (κ3) is 6.23. The quantitative estimate of drug-likeness (QED) is 0.584. The summed E-state index contributed by atoms with van der Waals surface area (Å²) in [5.41, 5.74) is 2.01. The highest BCUT2D eigenvalue weighted by molar-refractivity contribution is 5.98. The first kappa shape index (κ1) is 25.7. The summed E-state index contributed by atoms with van der Waals surface area (Å²) >= 11 is 0. The molecule has 1 saturated heterocycles. The second-order valence-corrected chi connectivity index (χ2v) is 7.85. The van der Waals surface area contributed by atoms with Gasteiger partial charge in [0, 0.05) is 36.7 Å². The number of benzene rings is 1. The molecule has 3 rings (SSSR count). The van der Waals surface area contributed by atoms with Crippen molar-refractivity contribution in [3.8, 4) is 0 Å². The Morgan fingerprint density at radius 1 is 1.22 bits per heavy atom. The lowest BCUT2D eigenvalue weighted by Crippen LogP contribution is -2.47. The third-order valence-corrected chi connectivity index (χ3v) is 5.72. The van der Waals surface area contributed by atoms with Gasteiger partial charge in [0.2, 0.25) is 0 Å². The predicted molar refractivity (Wildman–Crippen MR) is 122 cm³/mol. The van der Waals surface area contributed by atoms with Crippen molar-refractivity contribution in [2.45, 2.75) is 31.6 Å². The molecule has 174 valence electrons. The number of hydrogen-bond acceptors (Lipinski definition) is 4. The van der Waals surface area contributed by atoms with E-state index in [1.807, 2.05) is 37.3 Å².